The number of nitrogens with zero attached hydrogens (tertiary/aromatic N) is 5. The molecule has 5 nitrogen and oxygen atoms in total. The minimum absolute atomic E-state index is 0.392. The van der Waals surface area contributed by atoms with Gasteiger partial charge in [-0.1, -0.05) is 25.1 Å². The van der Waals surface area contributed by atoms with Crippen molar-refractivity contribution in [1.82, 2.24) is 19.7 Å². The highest BCUT2D eigenvalue weighted by Crippen LogP contribution is 2.26. The van der Waals surface area contributed by atoms with Crippen molar-refractivity contribution in [2.24, 2.45) is 7.05 Å². The molecule has 2 aromatic heterocycles. The summed E-state index contributed by atoms with van der Waals surface area (Å²) in [5.74, 6) is 1.14. The van der Waals surface area contributed by atoms with E-state index in [1.54, 1.807) is 28.8 Å². The smallest absolute Gasteiger partial charge is 0.172 e. The van der Waals surface area contributed by atoms with Crippen LogP contribution in [0.15, 0.2) is 23.6 Å². The molecule has 0 atom stereocenters. The van der Waals surface area contributed by atoms with Crippen LogP contribution >= 0.6 is 23.5 Å². The van der Waals surface area contributed by atoms with Gasteiger partial charge in [0.25, 0.3) is 0 Å². The first-order valence-corrected chi connectivity index (χ1v) is 8.85. The summed E-state index contributed by atoms with van der Waals surface area (Å²) in [5.41, 5.74) is 2.06. The minimum Gasteiger partial charge on any atom is -0.275 e. The second kappa shape index (κ2) is 8.05. The SMILES string of the molecule is CCCCSCSc1nc(-c2cnn(C)c2)cnc1C#N. The molecule has 0 saturated carbocycles. The van der Waals surface area contributed by atoms with Crippen LogP contribution in [0.4, 0.5) is 0 Å². The van der Waals surface area contributed by atoms with E-state index in [1.165, 1.54) is 12.8 Å². The Morgan fingerprint density at radius 2 is 2.24 bits per heavy atom. The largest absolute Gasteiger partial charge is 0.275 e. The highest BCUT2D eigenvalue weighted by molar-refractivity contribution is 8.15. The van der Waals surface area contributed by atoms with Crippen molar-refractivity contribution in [2.45, 2.75) is 24.8 Å². The lowest BCUT2D eigenvalue weighted by Crippen LogP contribution is -1.94. The van der Waals surface area contributed by atoms with Crippen LogP contribution in [0.3, 0.4) is 0 Å². The number of hydrogen-bond donors (Lipinski definition) is 0. The Balaban J connectivity index is 2.09. The van der Waals surface area contributed by atoms with Crippen LogP contribution in [-0.4, -0.2) is 30.6 Å². The molecule has 2 rings (SSSR count). The van der Waals surface area contributed by atoms with E-state index in [1.807, 2.05) is 25.0 Å². The Kier molecular flexibility index (Phi) is 6.08. The molecular weight excluding hydrogens is 302 g/mol. The summed E-state index contributed by atoms with van der Waals surface area (Å²) in [6, 6.07) is 2.11. The average Bonchev–Trinajstić information content (AvgIpc) is 2.93. The fraction of sp³-hybridized carbons (Fsp3) is 0.429. The molecule has 0 radical (unpaired) electrons. The Bertz CT molecular complexity index is 633. The predicted octanol–water partition coefficient (Wildman–Crippen LogP) is 3.33. The van der Waals surface area contributed by atoms with E-state index in [9.17, 15) is 0 Å². The average molecular weight is 319 g/mol. The number of hydrogen-bond acceptors (Lipinski definition) is 6. The highest BCUT2D eigenvalue weighted by atomic mass is 32.2. The summed E-state index contributed by atoms with van der Waals surface area (Å²) < 4.78 is 1.72. The van der Waals surface area contributed by atoms with Crippen molar-refractivity contribution in [2.75, 3.05) is 10.8 Å². The van der Waals surface area contributed by atoms with Gasteiger partial charge < -0.3 is 0 Å². The molecule has 2 aromatic rings. The zero-order chi connectivity index (χ0) is 15.1. The van der Waals surface area contributed by atoms with Gasteiger partial charge in [-0.05, 0) is 12.2 Å². The molecule has 0 amide bonds. The van der Waals surface area contributed by atoms with Crippen LogP contribution in [0.5, 0.6) is 0 Å². The third-order valence-corrected chi connectivity index (χ3v) is 5.04. The van der Waals surface area contributed by atoms with Gasteiger partial charge in [-0.3, -0.25) is 4.68 Å². The van der Waals surface area contributed by atoms with Crippen molar-refractivity contribution in [3.05, 3.63) is 24.3 Å². The predicted molar refractivity (Wildman–Crippen MR) is 87.0 cm³/mol. The molecule has 0 aliphatic heterocycles. The number of rotatable bonds is 7. The van der Waals surface area contributed by atoms with Crippen LogP contribution < -0.4 is 0 Å². The summed E-state index contributed by atoms with van der Waals surface area (Å²) in [4.78, 5) is 8.76. The molecule has 0 N–H and O–H groups in total. The van der Waals surface area contributed by atoms with E-state index in [0.29, 0.717) is 10.7 Å². The number of nitriles is 1. The molecular formula is C14H17N5S2. The van der Waals surface area contributed by atoms with Gasteiger partial charge in [-0.25, -0.2) is 9.97 Å². The lowest BCUT2D eigenvalue weighted by atomic mass is 10.3. The molecule has 0 aliphatic rings. The van der Waals surface area contributed by atoms with E-state index >= 15 is 0 Å². The van der Waals surface area contributed by atoms with Crippen molar-refractivity contribution >= 4 is 23.5 Å². The maximum atomic E-state index is 9.14. The number of unbranched alkanes of at least 4 members (excludes halogenated alkanes) is 1. The fourth-order valence-corrected chi connectivity index (χ4v) is 3.79. The summed E-state index contributed by atoms with van der Waals surface area (Å²) in [6.45, 7) is 2.18. The third-order valence-electron chi connectivity index (χ3n) is 2.77. The summed E-state index contributed by atoms with van der Waals surface area (Å²) >= 11 is 3.44. The van der Waals surface area contributed by atoms with E-state index in [4.69, 9.17) is 5.26 Å². The summed E-state index contributed by atoms with van der Waals surface area (Å²) in [5, 5.41) is 14.9. The molecule has 0 saturated heterocycles. The fourth-order valence-electron chi connectivity index (χ4n) is 1.64. The standard InChI is InChI=1S/C14H17N5S2/c1-3-4-5-20-10-21-14-12(6-15)16-8-13(18-14)11-7-17-19(2)9-11/h7-9H,3-5,10H2,1-2H3. The molecule has 0 aromatic carbocycles. The zero-order valence-electron chi connectivity index (χ0n) is 12.1. The summed E-state index contributed by atoms with van der Waals surface area (Å²) in [7, 11) is 1.86. The molecule has 0 bridgehead atoms. The zero-order valence-corrected chi connectivity index (χ0v) is 13.7. The Hall–Kier alpha value is -1.52. The number of thioether (sulfide) groups is 2. The van der Waals surface area contributed by atoms with Gasteiger partial charge in [-0.15, -0.1) is 0 Å². The first-order chi connectivity index (χ1) is 10.2. The van der Waals surface area contributed by atoms with Crippen molar-refractivity contribution in [3.8, 4) is 17.3 Å². The van der Waals surface area contributed by atoms with E-state index < -0.39 is 0 Å². The maximum Gasteiger partial charge on any atom is 0.172 e. The van der Waals surface area contributed by atoms with Gasteiger partial charge in [0, 0.05) is 23.9 Å². The molecule has 0 fully saturated rings. The molecule has 2 heterocycles. The van der Waals surface area contributed by atoms with Crippen LogP contribution in [0.25, 0.3) is 11.3 Å². The molecule has 21 heavy (non-hydrogen) atoms. The van der Waals surface area contributed by atoms with Gasteiger partial charge in [0.05, 0.1) is 18.1 Å². The minimum atomic E-state index is 0.392. The first-order valence-electron chi connectivity index (χ1n) is 6.71. The van der Waals surface area contributed by atoms with Crippen molar-refractivity contribution in [3.63, 3.8) is 0 Å². The van der Waals surface area contributed by atoms with Crippen LogP contribution in [0.1, 0.15) is 25.5 Å². The number of aromatic nitrogens is 4. The Labute approximate surface area is 133 Å². The van der Waals surface area contributed by atoms with Crippen molar-refractivity contribution in [1.29, 1.82) is 5.26 Å². The van der Waals surface area contributed by atoms with E-state index in [2.05, 4.69) is 28.1 Å². The topological polar surface area (TPSA) is 67.4 Å². The lowest BCUT2D eigenvalue weighted by molar-refractivity contribution is 0.768. The maximum absolute atomic E-state index is 9.14. The summed E-state index contributed by atoms with van der Waals surface area (Å²) in [6.07, 6.45) is 7.69. The van der Waals surface area contributed by atoms with E-state index in [0.717, 1.165) is 22.1 Å². The van der Waals surface area contributed by atoms with Gasteiger partial charge >= 0.3 is 0 Å². The first kappa shape index (κ1) is 15.9. The van der Waals surface area contributed by atoms with Gasteiger partial charge in [0.1, 0.15) is 11.1 Å². The monoisotopic (exact) mass is 319 g/mol. The van der Waals surface area contributed by atoms with Gasteiger partial charge in [-0.2, -0.15) is 22.1 Å². The molecule has 0 aliphatic carbocycles. The van der Waals surface area contributed by atoms with Crippen LogP contribution in [-0.2, 0) is 7.05 Å². The second-order valence-electron chi connectivity index (χ2n) is 4.45. The normalized spacial score (nSPS) is 10.5. The number of aryl methyl sites for hydroxylation is 1. The Morgan fingerprint density at radius 1 is 1.38 bits per heavy atom. The second-order valence-corrected chi connectivity index (χ2v) is 6.88. The van der Waals surface area contributed by atoms with Crippen LogP contribution in [0, 0.1) is 11.3 Å². The molecule has 0 spiro atoms. The molecule has 7 heteroatoms. The van der Waals surface area contributed by atoms with Crippen LogP contribution in [0.2, 0.25) is 0 Å². The lowest BCUT2D eigenvalue weighted by Gasteiger charge is -2.04. The van der Waals surface area contributed by atoms with Gasteiger partial charge in [0.2, 0.25) is 0 Å². The molecule has 0 unspecified atom stereocenters. The Morgan fingerprint density at radius 3 is 2.90 bits per heavy atom. The van der Waals surface area contributed by atoms with Crippen molar-refractivity contribution < 1.29 is 0 Å². The third kappa shape index (κ3) is 4.48. The van der Waals surface area contributed by atoms with E-state index in [-0.39, 0.29) is 0 Å². The van der Waals surface area contributed by atoms with Gasteiger partial charge in [0.15, 0.2) is 5.69 Å². The molecule has 110 valence electrons. The highest BCUT2D eigenvalue weighted by Gasteiger charge is 2.10. The quantitative estimate of drug-likeness (QED) is 0.443.